The minimum atomic E-state index is 0.290. The Labute approximate surface area is 85.8 Å². The zero-order valence-electron chi connectivity index (χ0n) is 9.27. The summed E-state index contributed by atoms with van der Waals surface area (Å²) in [6, 6.07) is 0. The molecule has 0 radical (unpaired) electrons. The highest BCUT2D eigenvalue weighted by Gasteiger charge is 2.12. The first-order valence-electron chi connectivity index (χ1n) is 5.22. The van der Waals surface area contributed by atoms with Crippen LogP contribution >= 0.6 is 0 Å². The SMILES string of the molecule is CC(C)C(CO)CCc1cnn(C)c1. The molecule has 1 aromatic rings. The summed E-state index contributed by atoms with van der Waals surface area (Å²) in [7, 11) is 1.93. The molecular weight excluding hydrogens is 176 g/mol. The van der Waals surface area contributed by atoms with Crippen molar-refractivity contribution in [2.24, 2.45) is 18.9 Å². The molecule has 0 bridgehead atoms. The first-order chi connectivity index (χ1) is 6.63. The summed E-state index contributed by atoms with van der Waals surface area (Å²) in [5.74, 6) is 0.965. The van der Waals surface area contributed by atoms with Gasteiger partial charge in [-0.25, -0.2) is 0 Å². The fraction of sp³-hybridized carbons (Fsp3) is 0.727. The summed E-state index contributed by atoms with van der Waals surface area (Å²) in [6.45, 7) is 4.60. The number of hydrogen-bond donors (Lipinski definition) is 1. The van der Waals surface area contributed by atoms with Gasteiger partial charge in [0.2, 0.25) is 0 Å². The van der Waals surface area contributed by atoms with E-state index in [9.17, 15) is 0 Å². The van der Waals surface area contributed by atoms with Crippen LogP contribution in [0, 0.1) is 11.8 Å². The second-order valence-corrected chi connectivity index (χ2v) is 4.25. The topological polar surface area (TPSA) is 38.1 Å². The highest BCUT2D eigenvalue weighted by atomic mass is 16.3. The maximum atomic E-state index is 9.16. The lowest BCUT2D eigenvalue weighted by Crippen LogP contribution is -2.14. The van der Waals surface area contributed by atoms with E-state index in [-0.39, 0.29) is 6.61 Å². The van der Waals surface area contributed by atoms with Crippen molar-refractivity contribution < 1.29 is 5.11 Å². The van der Waals surface area contributed by atoms with Crippen molar-refractivity contribution >= 4 is 0 Å². The van der Waals surface area contributed by atoms with E-state index < -0.39 is 0 Å². The Balaban J connectivity index is 2.39. The van der Waals surface area contributed by atoms with Gasteiger partial charge < -0.3 is 5.11 Å². The molecule has 3 heteroatoms. The lowest BCUT2D eigenvalue weighted by molar-refractivity contribution is 0.181. The summed E-state index contributed by atoms with van der Waals surface area (Å²) in [4.78, 5) is 0. The van der Waals surface area contributed by atoms with Gasteiger partial charge in [0.25, 0.3) is 0 Å². The number of hydrogen-bond acceptors (Lipinski definition) is 2. The Hall–Kier alpha value is -0.830. The predicted octanol–water partition coefficient (Wildman–Crippen LogP) is 1.62. The van der Waals surface area contributed by atoms with Crippen molar-refractivity contribution in [1.82, 2.24) is 9.78 Å². The van der Waals surface area contributed by atoms with E-state index in [0.717, 1.165) is 12.8 Å². The van der Waals surface area contributed by atoms with Crippen molar-refractivity contribution in [3.63, 3.8) is 0 Å². The monoisotopic (exact) mass is 196 g/mol. The summed E-state index contributed by atoms with van der Waals surface area (Å²) in [5, 5.41) is 13.3. The number of aryl methyl sites for hydroxylation is 2. The molecule has 3 nitrogen and oxygen atoms in total. The van der Waals surface area contributed by atoms with Gasteiger partial charge in [0.15, 0.2) is 0 Å². The third kappa shape index (κ3) is 3.14. The molecule has 80 valence electrons. The van der Waals surface area contributed by atoms with Crippen molar-refractivity contribution in [3.05, 3.63) is 18.0 Å². The quantitative estimate of drug-likeness (QED) is 0.777. The van der Waals surface area contributed by atoms with Crippen LogP contribution in [-0.2, 0) is 13.5 Å². The van der Waals surface area contributed by atoms with Gasteiger partial charge in [-0.15, -0.1) is 0 Å². The zero-order valence-corrected chi connectivity index (χ0v) is 9.27. The van der Waals surface area contributed by atoms with Crippen LogP contribution in [0.5, 0.6) is 0 Å². The Morgan fingerprint density at radius 1 is 1.50 bits per heavy atom. The smallest absolute Gasteiger partial charge is 0.0521 e. The molecule has 1 atom stereocenters. The molecule has 0 aliphatic carbocycles. The lowest BCUT2D eigenvalue weighted by Gasteiger charge is -2.17. The fourth-order valence-corrected chi connectivity index (χ4v) is 1.59. The Morgan fingerprint density at radius 3 is 2.64 bits per heavy atom. The summed E-state index contributed by atoms with van der Waals surface area (Å²) in [6.07, 6.45) is 5.99. The van der Waals surface area contributed by atoms with Gasteiger partial charge >= 0.3 is 0 Å². The van der Waals surface area contributed by atoms with E-state index in [4.69, 9.17) is 5.11 Å². The van der Waals surface area contributed by atoms with Crippen LogP contribution in [0.2, 0.25) is 0 Å². The average molecular weight is 196 g/mol. The average Bonchev–Trinajstić information content (AvgIpc) is 2.52. The maximum absolute atomic E-state index is 9.16. The minimum Gasteiger partial charge on any atom is -0.396 e. The van der Waals surface area contributed by atoms with E-state index in [1.54, 1.807) is 0 Å². The molecular formula is C11H20N2O. The zero-order chi connectivity index (χ0) is 10.6. The van der Waals surface area contributed by atoms with Crippen LogP contribution < -0.4 is 0 Å². The Bertz CT molecular complexity index is 268. The van der Waals surface area contributed by atoms with E-state index in [0.29, 0.717) is 11.8 Å². The molecule has 1 heterocycles. The number of aliphatic hydroxyl groups is 1. The van der Waals surface area contributed by atoms with Gasteiger partial charge in [-0.2, -0.15) is 5.10 Å². The molecule has 0 fully saturated rings. The third-order valence-electron chi connectivity index (χ3n) is 2.74. The molecule has 0 aliphatic rings. The number of rotatable bonds is 5. The van der Waals surface area contributed by atoms with Gasteiger partial charge in [-0.3, -0.25) is 4.68 Å². The van der Waals surface area contributed by atoms with E-state index in [1.807, 2.05) is 24.1 Å². The van der Waals surface area contributed by atoms with E-state index in [1.165, 1.54) is 5.56 Å². The van der Waals surface area contributed by atoms with Crippen LogP contribution in [0.3, 0.4) is 0 Å². The number of nitrogens with zero attached hydrogens (tertiary/aromatic N) is 2. The molecule has 1 rings (SSSR count). The largest absolute Gasteiger partial charge is 0.396 e. The van der Waals surface area contributed by atoms with Crippen LogP contribution in [0.4, 0.5) is 0 Å². The number of aliphatic hydroxyl groups excluding tert-OH is 1. The molecule has 0 saturated carbocycles. The van der Waals surface area contributed by atoms with Crippen molar-refractivity contribution in [2.75, 3.05) is 6.61 Å². The summed E-state index contributed by atoms with van der Waals surface area (Å²) >= 11 is 0. The number of aromatic nitrogens is 2. The minimum absolute atomic E-state index is 0.290. The standard InChI is InChI=1S/C11H20N2O/c1-9(2)11(8-14)5-4-10-6-12-13(3)7-10/h6-7,9,11,14H,4-5,8H2,1-3H3. The molecule has 0 amide bonds. The van der Waals surface area contributed by atoms with Gasteiger partial charge in [0, 0.05) is 19.9 Å². The summed E-state index contributed by atoms with van der Waals surface area (Å²) in [5.41, 5.74) is 1.26. The van der Waals surface area contributed by atoms with E-state index in [2.05, 4.69) is 18.9 Å². The Morgan fingerprint density at radius 2 is 2.21 bits per heavy atom. The van der Waals surface area contributed by atoms with Gasteiger partial charge in [-0.05, 0) is 30.2 Å². The molecule has 1 unspecified atom stereocenters. The molecule has 0 saturated heterocycles. The normalized spacial score (nSPS) is 13.5. The summed E-state index contributed by atoms with van der Waals surface area (Å²) < 4.78 is 1.82. The first kappa shape index (κ1) is 11.2. The third-order valence-corrected chi connectivity index (χ3v) is 2.74. The second kappa shape index (κ2) is 5.15. The molecule has 0 spiro atoms. The van der Waals surface area contributed by atoms with Gasteiger partial charge in [0.1, 0.15) is 0 Å². The molecule has 0 aromatic carbocycles. The van der Waals surface area contributed by atoms with Crippen molar-refractivity contribution in [2.45, 2.75) is 26.7 Å². The van der Waals surface area contributed by atoms with Crippen LogP contribution in [0.15, 0.2) is 12.4 Å². The van der Waals surface area contributed by atoms with Crippen LogP contribution in [0.25, 0.3) is 0 Å². The molecule has 1 aromatic heterocycles. The van der Waals surface area contributed by atoms with Crippen LogP contribution in [-0.4, -0.2) is 21.5 Å². The maximum Gasteiger partial charge on any atom is 0.0521 e. The van der Waals surface area contributed by atoms with Crippen molar-refractivity contribution in [3.8, 4) is 0 Å². The molecule has 0 aliphatic heterocycles. The van der Waals surface area contributed by atoms with E-state index >= 15 is 0 Å². The Kier molecular flexibility index (Phi) is 4.14. The fourth-order valence-electron chi connectivity index (χ4n) is 1.59. The van der Waals surface area contributed by atoms with Gasteiger partial charge in [-0.1, -0.05) is 13.8 Å². The second-order valence-electron chi connectivity index (χ2n) is 4.25. The molecule has 14 heavy (non-hydrogen) atoms. The molecule has 1 N–H and O–H groups in total. The lowest BCUT2D eigenvalue weighted by atomic mass is 9.91. The highest BCUT2D eigenvalue weighted by molar-refractivity contribution is 5.03. The first-order valence-corrected chi connectivity index (χ1v) is 5.22. The predicted molar refractivity (Wildman–Crippen MR) is 56.9 cm³/mol. The highest BCUT2D eigenvalue weighted by Crippen LogP contribution is 2.17. The van der Waals surface area contributed by atoms with Crippen LogP contribution in [0.1, 0.15) is 25.8 Å². The van der Waals surface area contributed by atoms with Crippen molar-refractivity contribution in [1.29, 1.82) is 0 Å². The van der Waals surface area contributed by atoms with Gasteiger partial charge in [0.05, 0.1) is 6.20 Å².